The molecule has 142 valence electrons. The molecule has 0 bridgehead atoms. The van der Waals surface area contributed by atoms with Crippen LogP contribution in [0.3, 0.4) is 0 Å². The summed E-state index contributed by atoms with van der Waals surface area (Å²) >= 11 is 2.80. The van der Waals surface area contributed by atoms with Gasteiger partial charge in [0.1, 0.15) is 5.01 Å². The van der Waals surface area contributed by atoms with E-state index >= 15 is 0 Å². The SMILES string of the molecule is CCC(Sc1nc2ccccc2[nH]1)C(=O)Nc1nnc(-c2cccc(C)c2)s1. The molecule has 2 N–H and O–H groups in total. The molecule has 6 nitrogen and oxygen atoms in total. The van der Waals surface area contributed by atoms with E-state index in [-0.39, 0.29) is 11.2 Å². The Morgan fingerprint density at radius 2 is 2.07 bits per heavy atom. The van der Waals surface area contributed by atoms with Gasteiger partial charge in [0.2, 0.25) is 11.0 Å². The van der Waals surface area contributed by atoms with Gasteiger partial charge >= 0.3 is 0 Å². The molecule has 0 radical (unpaired) electrons. The van der Waals surface area contributed by atoms with E-state index in [1.165, 1.54) is 23.1 Å². The van der Waals surface area contributed by atoms with Crippen molar-refractivity contribution in [2.45, 2.75) is 30.7 Å². The van der Waals surface area contributed by atoms with Crippen molar-refractivity contribution in [1.82, 2.24) is 20.2 Å². The molecular formula is C20H19N5OS2. The van der Waals surface area contributed by atoms with Crippen molar-refractivity contribution in [2.75, 3.05) is 5.32 Å². The van der Waals surface area contributed by atoms with Crippen molar-refractivity contribution in [3.05, 3.63) is 54.1 Å². The van der Waals surface area contributed by atoms with Gasteiger partial charge in [0.05, 0.1) is 16.3 Å². The quantitative estimate of drug-likeness (QED) is 0.443. The number of carbonyl (C=O) groups excluding carboxylic acids is 1. The minimum absolute atomic E-state index is 0.0973. The number of amides is 1. The zero-order chi connectivity index (χ0) is 19.5. The van der Waals surface area contributed by atoms with E-state index in [1.807, 2.05) is 56.3 Å². The molecule has 0 aliphatic carbocycles. The Kier molecular flexibility index (Phi) is 5.40. The summed E-state index contributed by atoms with van der Waals surface area (Å²) in [5.41, 5.74) is 4.02. The van der Waals surface area contributed by atoms with E-state index in [2.05, 4.69) is 31.5 Å². The topological polar surface area (TPSA) is 83.6 Å². The second-order valence-electron chi connectivity index (χ2n) is 6.34. The number of rotatable bonds is 6. The number of anilines is 1. The molecule has 4 aromatic rings. The average Bonchev–Trinajstić information content (AvgIpc) is 3.32. The highest BCUT2D eigenvalue weighted by Crippen LogP contribution is 2.29. The number of thioether (sulfide) groups is 1. The van der Waals surface area contributed by atoms with Gasteiger partial charge in [-0.3, -0.25) is 10.1 Å². The summed E-state index contributed by atoms with van der Waals surface area (Å²) in [6.07, 6.45) is 0.678. The van der Waals surface area contributed by atoms with E-state index in [4.69, 9.17) is 0 Å². The molecular weight excluding hydrogens is 390 g/mol. The molecule has 28 heavy (non-hydrogen) atoms. The summed E-state index contributed by atoms with van der Waals surface area (Å²) in [5.74, 6) is -0.0973. The summed E-state index contributed by atoms with van der Waals surface area (Å²) in [6.45, 7) is 4.02. The molecule has 4 rings (SSSR count). The van der Waals surface area contributed by atoms with Crippen molar-refractivity contribution < 1.29 is 4.79 Å². The van der Waals surface area contributed by atoms with Gasteiger partial charge in [0.25, 0.3) is 0 Å². The summed E-state index contributed by atoms with van der Waals surface area (Å²) in [5, 5.41) is 13.0. The molecule has 0 fully saturated rings. The van der Waals surface area contributed by atoms with E-state index < -0.39 is 0 Å². The fourth-order valence-electron chi connectivity index (χ4n) is 2.80. The van der Waals surface area contributed by atoms with Crippen molar-refractivity contribution in [3.8, 4) is 10.6 Å². The number of nitrogens with zero attached hydrogens (tertiary/aromatic N) is 3. The minimum atomic E-state index is -0.271. The van der Waals surface area contributed by atoms with Gasteiger partial charge in [-0.05, 0) is 31.5 Å². The Morgan fingerprint density at radius 1 is 1.21 bits per heavy atom. The summed E-state index contributed by atoms with van der Waals surface area (Å²) in [7, 11) is 0. The maximum absolute atomic E-state index is 12.7. The number of fused-ring (bicyclic) bond motifs is 1. The predicted molar refractivity (Wildman–Crippen MR) is 115 cm³/mol. The Hall–Kier alpha value is -2.71. The van der Waals surface area contributed by atoms with Gasteiger partial charge in [0.15, 0.2) is 5.16 Å². The van der Waals surface area contributed by atoms with E-state index in [0.717, 1.165) is 32.3 Å². The first-order chi connectivity index (χ1) is 13.6. The van der Waals surface area contributed by atoms with Crippen LogP contribution < -0.4 is 5.32 Å². The van der Waals surface area contributed by atoms with Crippen LogP contribution >= 0.6 is 23.1 Å². The Bertz CT molecular complexity index is 1090. The van der Waals surface area contributed by atoms with Crippen LogP contribution in [0.2, 0.25) is 0 Å². The van der Waals surface area contributed by atoms with Crippen LogP contribution in [0.1, 0.15) is 18.9 Å². The highest BCUT2D eigenvalue weighted by Gasteiger charge is 2.21. The van der Waals surface area contributed by atoms with Gasteiger partial charge in [0, 0.05) is 5.56 Å². The van der Waals surface area contributed by atoms with Gasteiger partial charge in [-0.2, -0.15) is 0 Å². The lowest BCUT2D eigenvalue weighted by Gasteiger charge is -2.11. The number of nitrogens with one attached hydrogen (secondary N) is 2. The number of H-pyrrole nitrogens is 1. The highest BCUT2D eigenvalue weighted by molar-refractivity contribution is 8.00. The van der Waals surface area contributed by atoms with E-state index in [0.29, 0.717) is 11.6 Å². The van der Waals surface area contributed by atoms with Crippen LogP contribution in [-0.2, 0) is 4.79 Å². The monoisotopic (exact) mass is 409 g/mol. The number of carbonyl (C=O) groups is 1. The number of aromatic amines is 1. The summed E-state index contributed by atoms with van der Waals surface area (Å²) < 4.78 is 0. The molecule has 0 saturated heterocycles. The number of hydrogen-bond donors (Lipinski definition) is 2. The molecule has 1 unspecified atom stereocenters. The number of aryl methyl sites for hydroxylation is 1. The molecule has 1 amide bonds. The molecule has 2 aromatic carbocycles. The normalized spacial score (nSPS) is 12.2. The molecule has 0 saturated carbocycles. The van der Waals surface area contributed by atoms with Crippen LogP contribution in [0, 0.1) is 6.92 Å². The Balaban J connectivity index is 1.45. The van der Waals surface area contributed by atoms with Crippen molar-refractivity contribution in [3.63, 3.8) is 0 Å². The van der Waals surface area contributed by atoms with E-state index in [9.17, 15) is 4.79 Å². The molecule has 2 aromatic heterocycles. The number of benzene rings is 2. The first-order valence-corrected chi connectivity index (χ1v) is 10.6. The summed E-state index contributed by atoms with van der Waals surface area (Å²) in [6, 6.07) is 15.9. The number of para-hydroxylation sites is 2. The highest BCUT2D eigenvalue weighted by atomic mass is 32.2. The van der Waals surface area contributed by atoms with Gasteiger partial charge in [-0.25, -0.2) is 4.98 Å². The zero-order valence-corrected chi connectivity index (χ0v) is 17.1. The first-order valence-electron chi connectivity index (χ1n) is 8.95. The number of aromatic nitrogens is 4. The fourth-order valence-corrected chi connectivity index (χ4v) is 4.46. The lowest BCUT2D eigenvalue weighted by molar-refractivity contribution is -0.115. The largest absolute Gasteiger partial charge is 0.333 e. The first kappa shape index (κ1) is 18.6. The lowest BCUT2D eigenvalue weighted by Crippen LogP contribution is -2.24. The molecule has 8 heteroatoms. The zero-order valence-electron chi connectivity index (χ0n) is 15.5. The molecule has 0 spiro atoms. The standard InChI is InChI=1S/C20H19N5OS2/c1-3-16(27-19-21-14-9-4-5-10-15(14)22-19)17(26)23-20-25-24-18(28-20)13-8-6-7-12(2)11-13/h4-11,16H,3H2,1-2H3,(H,21,22)(H,23,25,26). The summed E-state index contributed by atoms with van der Waals surface area (Å²) in [4.78, 5) is 20.5. The van der Waals surface area contributed by atoms with Gasteiger partial charge in [-0.15, -0.1) is 10.2 Å². The molecule has 0 aliphatic rings. The maximum atomic E-state index is 12.7. The number of hydrogen-bond acceptors (Lipinski definition) is 6. The lowest BCUT2D eigenvalue weighted by atomic mass is 10.1. The van der Waals surface area contributed by atoms with Gasteiger partial charge < -0.3 is 4.98 Å². The van der Waals surface area contributed by atoms with Crippen LogP contribution in [0.4, 0.5) is 5.13 Å². The second kappa shape index (κ2) is 8.12. The minimum Gasteiger partial charge on any atom is -0.333 e. The third kappa shape index (κ3) is 4.07. The van der Waals surface area contributed by atoms with Crippen LogP contribution in [-0.4, -0.2) is 31.3 Å². The Morgan fingerprint density at radius 3 is 2.86 bits per heavy atom. The predicted octanol–water partition coefficient (Wildman–Crippen LogP) is 4.90. The second-order valence-corrected chi connectivity index (χ2v) is 8.51. The van der Waals surface area contributed by atoms with E-state index in [1.54, 1.807) is 0 Å². The Labute approximate surface area is 170 Å². The van der Waals surface area contributed by atoms with Gasteiger partial charge in [-0.1, -0.05) is 65.9 Å². The third-order valence-corrected chi connectivity index (χ3v) is 6.34. The maximum Gasteiger partial charge on any atom is 0.239 e. The van der Waals surface area contributed by atoms with Crippen LogP contribution in [0.5, 0.6) is 0 Å². The third-order valence-electron chi connectivity index (χ3n) is 4.20. The van der Waals surface area contributed by atoms with Crippen LogP contribution in [0.25, 0.3) is 21.6 Å². The molecule has 1 atom stereocenters. The molecule has 2 heterocycles. The van der Waals surface area contributed by atoms with Crippen LogP contribution in [0.15, 0.2) is 53.7 Å². The average molecular weight is 410 g/mol. The fraction of sp³-hybridized carbons (Fsp3) is 0.200. The van der Waals surface area contributed by atoms with Crippen molar-refractivity contribution >= 4 is 45.2 Å². The smallest absolute Gasteiger partial charge is 0.239 e. The van der Waals surface area contributed by atoms with Crippen molar-refractivity contribution in [1.29, 1.82) is 0 Å². The van der Waals surface area contributed by atoms with Crippen molar-refractivity contribution in [2.24, 2.45) is 0 Å². The molecule has 0 aliphatic heterocycles. The number of imidazole rings is 1.